The quantitative estimate of drug-likeness (QED) is 0.797. The molecule has 2 aromatic carbocycles. The van der Waals surface area contributed by atoms with E-state index in [1.807, 2.05) is 48.5 Å². The molecule has 4 nitrogen and oxygen atoms in total. The summed E-state index contributed by atoms with van der Waals surface area (Å²) in [4.78, 5) is 18.4. The van der Waals surface area contributed by atoms with Crippen molar-refractivity contribution in [3.05, 3.63) is 63.0 Å². The second kappa shape index (κ2) is 5.99. The molecule has 21 heavy (non-hydrogen) atoms. The summed E-state index contributed by atoms with van der Waals surface area (Å²) in [5, 5.41) is 2.83. The van der Waals surface area contributed by atoms with Crippen LogP contribution in [-0.2, 0) is 0 Å². The number of hydrogen-bond donors (Lipinski definition) is 1. The zero-order chi connectivity index (χ0) is 14.8. The molecular weight excluding hydrogens is 398 g/mol. The van der Waals surface area contributed by atoms with Gasteiger partial charge in [0.1, 0.15) is 12.5 Å². The lowest BCUT2D eigenvalue weighted by Gasteiger charge is -2.27. The number of halogens is 2. The van der Waals surface area contributed by atoms with Crippen LogP contribution < -0.4 is 10.2 Å². The zero-order valence-electron chi connectivity index (χ0n) is 10.9. The minimum absolute atomic E-state index is 0.188. The van der Waals surface area contributed by atoms with Gasteiger partial charge in [0.25, 0.3) is 0 Å². The van der Waals surface area contributed by atoms with Crippen molar-refractivity contribution in [2.24, 2.45) is 4.99 Å². The van der Waals surface area contributed by atoms with E-state index in [-0.39, 0.29) is 12.7 Å². The van der Waals surface area contributed by atoms with Crippen LogP contribution in [0.1, 0.15) is 5.56 Å². The van der Waals surface area contributed by atoms with Crippen molar-refractivity contribution in [1.82, 2.24) is 5.32 Å². The van der Waals surface area contributed by atoms with Crippen molar-refractivity contribution in [3.8, 4) is 0 Å². The molecule has 0 radical (unpaired) electrons. The van der Waals surface area contributed by atoms with Crippen LogP contribution in [0.3, 0.4) is 0 Å². The smallest absolute Gasteiger partial charge is 0.292 e. The summed E-state index contributed by atoms with van der Waals surface area (Å²) in [6.45, 7) is 0.288. The van der Waals surface area contributed by atoms with Gasteiger partial charge in [-0.2, -0.15) is 0 Å². The van der Waals surface area contributed by atoms with E-state index in [9.17, 15) is 4.79 Å². The third-order valence-electron chi connectivity index (χ3n) is 3.09. The fourth-order valence-corrected chi connectivity index (χ4v) is 3.32. The van der Waals surface area contributed by atoms with Gasteiger partial charge in [-0.05, 0) is 34.1 Å². The summed E-state index contributed by atoms with van der Waals surface area (Å²) in [5.74, 6) is 0.602. The molecule has 2 aromatic rings. The van der Waals surface area contributed by atoms with Gasteiger partial charge < -0.3 is 0 Å². The number of hydrogen-bond acceptors (Lipinski definition) is 2. The molecule has 6 heteroatoms. The first-order valence-corrected chi connectivity index (χ1v) is 7.87. The highest BCUT2D eigenvalue weighted by Crippen LogP contribution is 2.30. The van der Waals surface area contributed by atoms with Gasteiger partial charge in [0.05, 0.1) is 5.69 Å². The molecule has 3 rings (SSSR count). The first kappa shape index (κ1) is 14.3. The summed E-state index contributed by atoms with van der Waals surface area (Å²) in [5.41, 5.74) is 1.69. The van der Waals surface area contributed by atoms with Crippen LogP contribution in [0.15, 0.2) is 62.5 Å². The Kier molecular flexibility index (Phi) is 4.07. The number of rotatable bonds is 2. The van der Waals surface area contributed by atoms with Gasteiger partial charge in [0.2, 0.25) is 0 Å². The molecule has 1 aliphatic rings. The number of nitrogens with zero attached hydrogens (tertiary/aromatic N) is 2. The van der Waals surface area contributed by atoms with Crippen LogP contribution in [0.2, 0.25) is 0 Å². The molecule has 1 aliphatic heterocycles. The maximum atomic E-state index is 12.3. The van der Waals surface area contributed by atoms with Gasteiger partial charge in [0, 0.05) is 14.5 Å². The summed E-state index contributed by atoms with van der Waals surface area (Å²) in [7, 11) is 0. The predicted molar refractivity (Wildman–Crippen MR) is 90.7 cm³/mol. The zero-order valence-corrected chi connectivity index (χ0v) is 14.1. The van der Waals surface area contributed by atoms with E-state index in [1.165, 1.54) is 0 Å². The molecule has 2 amide bonds. The summed E-state index contributed by atoms with van der Waals surface area (Å²) >= 11 is 6.87. The maximum absolute atomic E-state index is 12.3. The number of amides is 2. The Balaban J connectivity index is 1.88. The fraction of sp³-hybridized carbons (Fsp3) is 0.0667. The molecule has 106 valence electrons. The number of benzene rings is 2. The maximum Gasteiger partial charge on any atom is 0.329 e. The van der Waals surface area contributed by atoms with Crippen molar-refractivity contribution < 1.29 is 4.79 Å². The van der Waals surface area contributed by atoms with Crippen molar-refractivity contribution in [2.75, 3.05) is 11.6 Å². The predicted octanol–water partition coefficient (Wildman–Crippen LogP) is 4.15. The summed E-state index contributed by atoms with van der Waals surface area (Å²) in [6.07, 6.45) is 0. The third kappa shape index (κ3) is 3.01. The monoisotopic (exact) mass is 407 g/mol. The van der Waals surface area contributed by atoms with Crippen molar-refractivity contribution in [1.29, 1.82) is 0 Å². The van der Waals surface area contributed by atoms with Crippen LogP contribution in [0, 0.1) is 0 Å². The topological polar surface area (TPSA) is 44.7 Å². The Hall–Kier alpha value is -1.66. The van der Waals surface area contributed by atoms with E-state index in [0.29, 0.717) is 5.84 Å². The van der Waals surface area contributed by atoms with Crippen LogP contribution in [-0.4, -0.2) is 18.5 Å². The van der Waals surface area contributed by atoms with Crippen molar-refractivity contribution in [2.45, 2.75) is 0 Å². The fourth-order valence-electron chi connectivity index (χ4n) is 2.06. The highest BCUT2D eigenvalue weighted by Gasteiger charge is 2.23. The lowest BCUT2D eigenvalue weighted by atomic mass is 10.2. The van der Waals surface area contributed by atoms with Gasteiger partial charge >= 0.3 is 6.03 Å². The Morgan fingerprint density at radius 3 is 2.52 bits per heavy atom. The SMILES string of the molecule is O=C1NC(c2ccccc2)=NCN1c1ccc(Br)cc1Br. The first-order valence-electron chi connectivity index (χ1n) is 6.28. The van der Waals surface area contributed by atoms with E-state index in [1.54, 1.807) is 4.90 Å². The molecule has 0 saturated heterocycles. The number of amidine groups is 1. The van der Waals surface area contributed by atoms with Crippen molar-refractivity contribution in [3.63, 3.8) is 0 Å². The number of carbonyl (C=O) groups is 1. The Morgan fingerprint density at radius 2 is 1.86 bits per heavy atom. The normalized spacial score (nSPS) is 14.7. The van der Waals surface area contributed by atoms with E-state index < -0.39 is 0 Å². The molecule has 1 N–H and O–H groups in total. The molecule has 0 bridgehead atoms. The average molecular weight is 409 g/mol. The van der Waals surface area contributed by atoms with Crippen LogP contribution in [0.5, 0.6) is 0 Å². The molecule has 0 aliphatic carbocycles. The molecule has 0 fully saturated rings. The molecule has 1 heterocycles. The number of anilines is 1. The highest BCUT2D eigenvalue weighted by molar-refractivity contribution is 9.11. The van der Waals surface area contributed by atoms with E-state index in [2.05, 4.69) is 42.2 Å². The summed E-state index contributed by atoms with van der Waals surface area (Å²) < 4.78 is 1.79. The lowest BCUT2D eigenvalue weighted by molar-refractivity contribution is 0.249. The largest absolute Gasteiger partial charge is 0.329 e. The number of nitrogens with one attached hydrogen (secondary N) is 1. The summed E-state index contributed by atoms with van der Waals surface area (Å²) in [6, 6.07) is 15.1. The van der Waals surface area contributed by atoms with E-state index in [0.717, 1.165) is 20.2 Å². The minimum atomic E-state index is -0.188. The highest BCUT2D eigenvalue weighted by atomic mass is 79.9. The molecule has 0 aromatic heterocycles. The second-order valence-corrected chi connectivity index (χ2v) is 6.24. The molecular formula is C15H11Br2N3O. The second-order valence-electron chi connectivity index (χ2n) is 4.47. The first-order chi connectivity index (χ1) is 10.1. The van der Waals surface area contributed by atoms with E-state index >= 15 is 0 Å². The van der Waals surface area contributed by atoms with Gasteiger partial charge in [-0.3, -0.25) is 10.2 Å². The van der Waals surface area contributed by atoms with Gasteiger partial charge in [-0.1, -0.05) is 46.3 Å². The average Bonchev–Trinajstić information content (AvgIpc) is 2.49. The van der Waals surface area contributed by atoms with Crippen LogP contribution in [0.4, 0.5) is 10.5 Å². The Morgan fingerprint density at radius 1 is 1.10 bits per heavy atom. The van der Waals surface area contributed by atoms with Crippen LogP contribution in [0.25, 0.3) is 0 Å². The minimum Gasteiger partial charge on any atom is -0.292 e. The Labute approximate surface area is 139 Å². The molecule has 0 atom stereocenters. The molecule has 0 unspecified atom stereocenters. The lowest BCUT2D eigenvalue weighted by Crippen LogP contribution is -2.48. The molecule has 0 spiro atoms. The molecule has 0 saturated carbocycles. The number of urea groups is 1. The van der Waals surface area contributed by atoms with Gasteiger partial charge in [-0.15, -0.1) is 0 Å². The Bertz CT molecular complexity index is 716. The number of aliphatic imine (C=N–C) groups is 1. The van der Waals surface area contributed by atoms with Gasteiger partial charge in [0.15, 0.2) is 0 Å². The number of carbonyl (C=O) groups excluding carboxylic acids is 1. The standard InChI is InChI=1S/C15H11Br2N3O/c16-11-6-7-13(12(17)8-11)20-9-18-14(19-15(20)21)10-4-2-1-3-5-10/h1-8H,9H2,(H,18,19,21). The van der Waals surface area contributed by atoms with Crippen molar-refractivity contribution >= 4 is 49.4 Å². The third-order valence-corrected chi connectivity index (χ3v) is 4.22. The van der Waals surface area contributed by atoms with Crippen LogP contribution >= 0.6 is 31.9 Å². The van der Waals surface area contributed by atoms with E-state index in [4.69, 9.17) is 0 Å². The van der Waals surface area contributed by atoms with Gasteiger partial charge in [-0.25, -0.2) is 9.79 Å².